The average molecular weight is 475 g/mol. The van der Waals surface area contributed by atoms with Crippen molar-refractivity contribution in [1.82, 2.24) is 15.2 Å². The van der Waals surface area contributed by atoms with Crippen molar-refractivity contribution in [2.75, 3.05) is 51.3 Å². The van der Waals surface area contributed by atoms with Gasteiger partial charge < -0.3 is 15.0 Å². The second kappa shape index (κ2) is 9.99. The second-order valence-corrected chi connectivity index (χ2v) is 9.73. The summed E-state index contributed by atoms with van der Waals surface area (Å²) in [5.41, 5.74) is 3.27. The van der Waals surface area contributed by atoms with E-state index in [1.54, 1.807) is 18.4 Å². The minimum atomic E-state index is 0.0776. The van der Waals surface area contributed by atoms with Crippen LogP contribution in [0.25, 0.3) is 21.0 Å². The van der Waals surface area contributed by atoms with Gasteiger partial charge in [-0.3, -0.25) is 9.69 Å². The lowest BCUT2D eigenvalue weighted by Crippen LogP contribution is -2.48. The van der Waals surface area contributed by atoms with E-state index in [4.69, 9.17) is 9.72 Å². The Balaban J connectivity index is 1.11. The number of fused-ring (bicyclic) bond motifs is 2. The van der Waals surface area contributed by atoms with Gasteiger partial charge in [0, 0.05) is 39.3 Å². The molecule has 1 saturated heterocycles. The number of rotatable bonds is 7. The molecule has 5 rings (SSSR count). The molecule has 1 fully saturated rings. The summed E-state index contributed by atoms with van der Waals surface area (Å²) in [6.07, 6.45) is 0.412. The average Bonchev–Trinajstić information content (AvgIpc) is 3.32. The van der Waals surface area contributed by atoms with Crippen LogP contribution in [0.3, 0.4) is 0 Å². The molecule has 34 heavy (non-hydrogen) atoms. The van der Waals surface area contributed by atoms with E-state index in [9.17, 15) is 4.79 Å². The number of aromatic nitrogens is 1. The minimum absolute atomic E-state index is 0.0776. The largest absolute Gasteiger partial charge is 0.494 e. The molecule has 4 aromatic rings. The van der Waals surface area contributed by atoms with E-state index in [2.05, 4.69) is 46.3 Å². The first kappa shape index (κ1) is 22.6. The van der Waals surface area contributed by atoms with Crippen LogP contribution in [0.2, 0.25) is 0 Å². The number of thiazole rings is 1. The van der Waals surface area contributed by atoms with Crippen LogP contribution in [0.1, 0.15) is 11.1 Å². The summed E-state index contributed by atoms with van der Waals surface area (Å²) in [7, 11) is 1.70. The van der Waals surface area contributed by atoms with Gasteiger partial charge in [0.25, 0.3) is 0 Å². The predicted molar refractivity (Wildman–Crippen MR) is 140 cm³/mol. The molecule has 0 atom stereocenters. The number of piperazine rings is 1. The van der Waals surface area contributed by atoms with Gasteiger partial charge in [-0.1, -0.05) is 59.9 Å². The van der Waals surface area contributed by atoms with Crippen molar-refractivity contribution in [3.05, 3.63) is 65.7 Å². The molecule has 1 aromatic heterocycles. The molecule has 0 radical (unpaired) electrons. The van der Waals surface area contributed by atoms with E-state index in [1.807, 2.05) is 30.3 Å². The van der Waals surface area contributed by atoms with Crippen molar-refractivity contribution in [2.45, 2.75) is 13.3 Å². The summed E-state index contributed by atoms with van der Waals surface area (Å²) >= 11 is 1.74. The van der Waals surface area contributed by atoms with E-state index in [0.29, 0.717) is 13.0 Å². The SMILES string of the molecule is COc1ccc(C)c2sc(N3CCN(CCNC(=O)Cc4cccc5ccccc45)CC3)nc12. The Morgan fingerprint density at radius 1 is 1.06 bits per heavy atom. The van der Waals surface area contributed by atoms with Gasteiger partial charge in [0.05, 0.1) is 18.2 Å². The van der Waals surface area contributed by atoms with Crippen molar-refractivity contribution < 1.29 is 9.53 Å². The van der Waals surface area contributed by atoms with E-state index >= 15 is 0 Å². The fourth-order valence-corrected chi connectivity index (χ4v) is 5.70. The van der Waals surface area contributed by atoms with Crippen LogP contribution in [0.15, 0.2) is 54.6 Å². The van der Waals surface area contributed by atoms with Gasteiger partial charge in [-0.25, -0.2) is 4.98 Å². The number of hydrogen-bond acceptors (Lipinski definition) is 6. The number of hydrogen-bond donors (Lipinski definition) is 1. The number of nitrogens with one attached hydrogen (secondary N) is 1. The Bertz CT molecular complexity index is 1310. The maximum atomic E-state index is 12.5. The zero-order chi connectivity index (χ0) is 23.5. The second-order valence-electron chi connectivity index (χ2n) is 8.75. The van der Waals surface area contributed by atoms with E-state index in [-0.39, 0.29) is 5.91 Å². The molecule has 2 heterocycles. The van der Waals surface area contributed by atoms with Crippen LogP contribution < -0.4 is 15.0 Å². The Morgan fingerprint density at radius 3 is 2.68 bits per heavy atom. The molecule has 7 heteroatoms. The zero-order valence-corrected chi connectivity index (χ0v) is 20.5. The van der Waals surface area contributed by atoms with Crippen molar-refractivity contribution in [1.29, 1.82) is 0 Å². The van der Waals surface area contributed by atoms with Gasteiger partial charge in [-0.15, -0.1) is 0 Å². The molecule has 1 N–H and O–H groups in total. The molecule has 6 nitrogen and oxygen atoms in total. The highest BCUT2D eigenvalue weighted by Crippen LogP contribution is 2.36. The third-order valence-electron chi connectivity index (χ3n) is 6.54. The molecular formula is C27H30N4O2S. The summed E-state index contributed by atoms with van der Waals surface area (Å²) in [4.78, 5) is 22.2. The normalized spacial score (nSPS) is 14.6. The van der Waals surface area contributed by atoms with Crippen LogP contribution in [0.4, 0.5) is 5.13 Å². The number of benzene rings is 3. The van der Waals surface area contributed by atoms with Crippen molar-refractivity contribution in [3.63, 3.8) is 0 Å². The number of methoxy groups -OCH3 is 1. The highest BCUT2D eigenvalue weighted by atomic mass is 32.1. The predicted octanol–water partition coefficient (Wildman–Crippen LogP) is 4.25. The van der Waals surface area contributed by atoms with Crippen LogP contribution in [0.5, 0.6) is 5.75 Å². The van der Waals surface area contributed by atoms with Crippen molar-refractivity contribution in [2.24, 2.45) is 0 Å². The number of carbonyl (C=O) groups is 1. The zero-order valence-electron chi connectivity index (χ0n) is 19.7. The highest BCUT2D eigenvalue weighted by Gasteiger charge is 2.21. The number of aryl methyl sites for hydroxylation is 1. The fraction of sp³-hybridized carbons (Fsp3) is 0.333. The number of nitrogens with zero attached hydrogens (tertiary/aromatic N) is 3. The van der Waals surface area contributed by atoms with Gasteiger partial charge >= 0.3 is 0 Å². The van der Waals surface area contributed by atoms with Gasteiger partial charge in [0.2, 0.25) is 5.91 Å². The quantitative estimate of drug-likeness (QED) is 0.434. The first-order chi connectivity index (χ1) is 16.6. The lowest BCUT2D eigenvalue weighted by Gasteiger charge is -2.34. The Hall–Kier alpha value is -3.16. The topological polar surface area (TPSA) is 57.7 Å². The minimum Gasteiger partial charge on any atom is -0.494 e. The third-order valence-corrected chi connectivity index (χ3v) is 7.79. The standard InChI is InChI=1S/C27H30N4O2S/c1-19-10-11-23(33-2)25-26(19)34-27(29-25)31-16-14-30(15-17-31)13-12-28-24(32)18-21-8-5-7-20-6-3-4-9-22(20)21/h3-11H,12-18H2,1-2H3,(H,28,32). The maximum Gasteiger partial charge on any atom is 0.224 e. The van der Waals surface area contributed by atoms with E-state index in [0.717, 1.165) is 60.1 Å². The summed E-state index contributed by atoms with van der Waals surface area (Å²) in [6, 6.07) is 18.5. The van der Waals surface area contributed by atoms with Crippen LogP contribution in [0, 0.1) is 6.92 Å². The molecule has 3 aromatic carbocycles. The van der Waals surface area contributed by atoms with Crippen LogP contribution >= 0.6 is 11.3 Å². The number of carbonyl (C=O) groups excluding carboxylic acids is 1. The van der Waals surface area contributed by atoms with Gasteiger partial charge in [0.15, 0.2) is 5.13 Å². The molecule has 0 saturated carbocycles. The van der Waals surface area contributed by atoms with E-state index in [1.165, 1.54) is 15.6 Å². The third kappa shape index (κ3) is 4.72. The lowest BCUT2D eigenvalue weighted by atomic mass is 10.0. The molecule has 176 valence electrons. The molecule has 1 aliphatic rings. The van der Waals surface area contributed by atoms with Gasteiger partial charge in [-0.2, -0.15) is 0 Å². The Labute approximate surface area is 204 Å². The smallest absolute Gasteiger partial charge is 0.224 e. The van der Waals surface area contributed by atoms with Gasteiger partial charge in [0.1, 0.15) is 11.3 Å². The monoisotopic (exact) mass is 474 g/mol. The van der Waals surface area contributed by atoms with Crippen molar-refractivity contribution >= 4 is 43.4 Å². The Morgan fingerprint density at radius 2 is 1.85 bits per heavy atom. The fourth-order valence-electron chi connectivity index (χ4n) is 4.60. The number of ether oxygens (including phenoxy) is 1. The first-order valence-electron chi connectivity index (χ1n) is 11.8. The van der Waals surface area contributed by atoms with Crippen LogP contribution in [-0.2, 0) is 11.2 Å². The van der Waals surface area contributed by atoms with E-state index < -0.39 is 0 Å². The number of anilines is 1. The number of amides is 1. The molecular weight excluding hydrogens is 444 g/mol. The molecule has 0 aliphatic carbocycles. The maximum absolute atomic E-state index is 12.5. The van der Waals surface area contributed by atoms with Gasteiger partial charge in [-0.05, 0) is 34.9 Å². The molecule has 1 aliphatic heterocycles. The highest BCUT2D eigenvalue weighted by molar-refractivity contribution is 7.22. The molecule has 1 amide bonds. The summed E-state index contributed by atoms with van der Waals surface area (Å²) in [5, 5.41) is 6.49. The first-order valence-corrected chi connectivity index (χ1v) is 12.6. The molecule has 0 bridgehead atoms. The van der Waals surface area contributed by atoms with Crippen molar-refractivity contribution in [3.8, 4) is 5.75 Å². The Kier molecular flexibility index (Phi) is 6.65. The summed E-state index contributed by atoms with van der Waals surface area (Å²) in [5.74, 6) is 0.912. The molecule has 0 unspecified atom stereocenters. The van der Waals surface area contributed by atoms with Crippen LogP contribution in [-0.4, -0.2) is 62.2 Å². The summed E-state index contributed by atoms with van der Waals surface area (Å²) in [6.45, 7) is 7.45. The molecule has 0 spiro atoms. The summed E-state index contributed by atoms with van der Waals surface area (Å²) < 4.78 is 6.70. The lowest BCUT2D eigenvalue weighted by molar-refractivity contribution is -0.120.